The lowest BCUT2D eigenvalue weighted by atomic mass is 10.0. The van der Waals surface area contributed by atoms with Crippen LogP contribution in [-0.4, -0.2) is 99.6 Å². The number of likely N-dealkylation sites (tertiary alicyclic amines) is 1. The van der Waals surface area contributed by atoms with Gasteiger partial charge in [0, 0.05) is 37.5 Å². The average Bonchev–Trinajstić information content (AvgIpc) is 3.61. The molecule has 2 aromatic carbocycles. The maximum absolute atomic E-state index is 11.8. The van der Waals surface area contributed by atoms with Crippen molar-refractivity contribution in [2.24, 2.45) is 0 Å². The minimum absolute atomic E-state index is 0.0891. The van der Waals surface area contributed by atoms with E-state index in [9.17, 15) is 15.2 Å². The van der Waals surface area contributed by atoms with Crippen molar-refractivity contribution in [2.75, 3.05) is 51.8 Å². The molecule has 12 heteroatoms. The van der Waals surface area contributed by atoms with Gasteiger partial charge in [-0.1, -0.05) is 30.3 Å². The van der Waals surface area contributed by atoms with Crippen molar-refractivity contribution in [3.05, 3.63) is 53.9 Å². The molecule has 12 nitrogen and oxygen atoms in total. The van der Waals surface area contributed by atoms with Crippen LogP contribution in [-0.2, 0) is 6.42 Å². The lowest BCUT2D eigenvalue weighted by Crippen LogP contribution is -2.55. The van der Waals surface area contributed by atoms with Gasteiger partial charge >= 0.3 is 12.1 Å². The van der Waals surface area contributed by atoms with Gasteiger partial charge in [0.15, 0.2) is 11.5 Å². The quantitative estimate of drug-likeness (QED) is 0.336. The average molecular weight is 571 g/mol. The second-order valence-corrected chi connectivity index (χ2v) is 10.9. The van der Waals surface area contributed by atoms with Crippen LogP contribution in [0.2, 0.25) is 0 Å². The summed E-state index contributed by atoms with van der Waals surface area (Å²) >= 11 is 0. The summed E-state index contributed by atoms with van der Waals surface area (Å²) in [5.74, 6) is 1.38. The maximum atomic E-state index is 11.8. The highest BCUT2D eigenvalue weighted by atomic mass is 16.5. The monoisotopic (exact) mass is 570 g/mol. The van der Waals surface area contributed by atoms with Crippen LogP contribution in [0.5, 0.6) is 11.8 Å². The van der Waals surface area contributed by atoms with Crippen molar-refractivity contribution in [3.8, 4) is 17.8 Å². The third-order valence-corrected chi connectivity index (χ3v) is 8.39. The van der Waals surface area contributed by atoms with Gasteiger partial charge in [0.05, 0.1) is 37.5 Å². The number of anilines is 1. The summed E-state index contributed by atoms with van der Waals surface area (Å²) in [6.07, 6.45) is 3.62. The summed E-state index contributed by atoms with van der Waals surface area (Å²) < 4.78 is 13.6. The first-order chi connectivity index (χ1) is 20.5. The number of nitrogens with zero attached hydrogens (tertiary/aromatic N) is 8. The molecule has 2 aliphatic rings. The van der Waals surface area contributed by atoms with Crippen molar-refractivity contribution in [1.29, 1.82) is 5.26 Å². The van der Waals surface area contributed by atoms with Crippen LogP contribution in [0.3, 0.4) is 0 Å². The van der Waals surface area contributed by atoms with Crippen molar-refractivity contribution in [3.63, 3.8) is 0 Å². The van der Waals surface area contributed by atoms with E-state index in [-0.39, 0.29) is 19.0 Å². The minimum Gasteiger partial charge on any atom is -0.496 e. The van der Waals surface area contributed by atoms with Crippen molar-refractivity contribution < 1.29 is 19.4 Å². The van der Waals surface area contributed by atoms with E-state index in [2.05, 4.69) is 30.1 Å². The van der Waals surface area contributed by atoms with Crippen molar-refractivity contribution in [1.82, 2.24) is 29.4 Å². The lowest BCUT2D eigenvalue weighted by Gasteiger charge is -2.39. The zero-order valence-corrected chi connectivity index (χ0v) is 23.8. The Hall–Kier alpha value is -4.63. The number of carboxylic acid groups (broad SMARTS) is 1. The molecule has 2 aliphatic heterocycles. The molecule has 0 spiro atoms. The number of fused-ring (bicyclic) bond motifs is 2. The molecule has 6 rings (SSSR count). The van der Waals surface area contributed by atoms with Gasteiger partial charge in [0.25, 0.3) is 0 Å². The molecule has 0 saturated carbocycles. The van der Waals surface area contributed by atoms with Crippen LogP contribution < -0.4 is 14.4 Å². The van der Waals surface area contributed by atoms with Gasteiger partial charge in [0.2, 0.25) is 0 Å². The standard InChI is InChI=1S/C30H34N8O4/c1-35-13-5-6-22(35)19-42-29-33-28(36-14-15-37(30(39)40)21(18-36)11-12-31)27-32-17-23(38(27)34-29)16-20-9-10-26(41-2)25-8-4-3-7-24(20)25/h3-4,7-10,17,21-22H,5-6,11,13-16,18-19H2,1-2H3,(H,39,40). The normalized spacial score (nSPS) is 19.4. The number of amides is 1. The third-order valence-electron chi connectivity index (χ3n) is 8.39. The number of hydrogen-bond donors (Lipinski definition) is 1. The van der Waals surface area contributed by atoms with Gasteiger partial charge in [-0.25, -0.2) is 14.3 Å². The first kappa shape index (κ1) is 27.5. The number of benzene rings is 2. The third kappa shape index (κ3) is 5.23. The number of carbonyl (C=O) groups is 1. The number of methoxy groups -OCH3 is 1. The van der Waals surface area contributed by atoms with E-state index in [1.165, 1.54) is 4.90 Å². The molecule has 1 amide bonds. The molecule has 4 aromatic rings. The molecule has 218 valence electrons. The molecule has 2 saturated heterocycles. The topological polar surface area (TPSA) is 132 Å². The molecular formula is C30H34N8O4. The summed E-state index contributed by atoms with van der Waals surface area (Å²) in [5, 5.41) is 26.0. The van der Waals surface area contributed by atoms with Crippen molar-refractivity contribution >= 4 is 28.3 Å². The van der Waals surface area contributed by atoms with E-state index < -0.39 is 12.1 Å². The number of piperazine rings is 1. The van der Waals surface area contributed by atoms with E-state index in [1.807, 2.05) is 29.2 Å². The summed E-state index contributed by atoms with van der Waals surface area (Å²) in [7, 11) is 3.77. The molecule has 0 bridgehead atoms. The second-order valence-electron chi connectivity index (χ2n) is 10.9. The molecule has 1 N–H and O–H groups in total. The molecular weight excluding hydrogens is 536 g/mol. The van der Waals surface area contributed by atoms with E-state index in [0.29, 0.717) is 43.6 Å². The molecule has 42 heavy (non-hydrogen) atoms. The smallest absolute Gasteiger partial charge is 0.407 e. The molecule has 4 heterocycles. The first-order valence-corrected chi connectivity index (χ1v) is 14.2. The molecule has 0 aliphatic carbocycles. The first-order valence-electron chi connectivity index (χ1n) is 14.2. The fourth-order valence-electron chi connectivity index (χ4n) is 6.09. The Kier molecular flexibility index (Phi) is 7.67. The SMILES string of the molecule is COc1ccc(Cc2cnc3c(N4CCN(C(=O)O)C(CC#N)C4)nc(OCC4CCCN4C)nn23)c2ccccc12. The van der Waals surface area contributed by atoms with Gasteiger partial charge in [-0.2, -0.15) is 10.2 Å². The summed E-state index contributed by atoms with van der Waals surface area (Å²) in [6, 6.07) is 14.4. The summed E-state index contributed by atoms with van der Waals surface area (Å²) in [5.41, 5.74) is 2.53. The van der Waals surface area contributed by atoms with E-state index >= 15 is 0 Å². The highest BCUT2D eigenvalue weighted by molar-refractivity contribution is 5.91. The predicted molar refractivity (Wildman–Crippen MR) is 156 cm³/mol. The Morgan fingerprint density at radius 2 is 1.98 bits per heavy atom. The fraction of sp³-hybridized carbons (Fsp3) is 0.433. The number of rotatable bonds is 8. The Bertz CT molecular complexity index is 1650. The number of imidazole rings is 1. The predicted octanol–water partition coefficient (Wildman–Crippen LogP) is 3.43. The second kappa shape index (κ2) is 11.7. The Morgan fingerprint density at radius 3 is 2.71 bits per heavy atom. The number of hydrogen-bond acceptors (Lipinski definition) is 9. The molecule has 0 radical (unpaired) electrons. The highest BCUT2D eigenvalue weighted by Crippen LogP contribution is 2.31. The largest absolute Gasteiger partial charge is 0.496 e. The van der Waals surface area contributed by atoms with Crippen LogP contribution in [0.25, 0.3) is 16.4 Å². The van der Waals surface area contributed by atoms with E-state index in [4.69, 9.17) is 24.5 Å². The minimum atomic E-state index is -1.03. The van der Waals surface area contributed by atoms with Gasteiger partial charge < -0.3 is 29.3 Å². The summed E-state index contributed by atoms with van der Waals surface area (Å²) in [6.45, 7) is 2.50. The number of likely N-dealkylation sites (N-methyl/N-ethyl adjacent to an activating group) is 1. The van der Waals surface area contributed by atoms with Crippen LogP contribution >= 0.6 is 0 Å². The van der Waals surface area contributed by atoms with Crippen LogP contribution in [0.1, 0.15) is 30.5 Å². The highest BCUT2D eigenvalue weighted by Gasteiger charge is 2.33. The Labute approximate surface area is 243 Å². The zero-order chi connectivity index (χ0) is 29.2. The van der Waals surface area contributed by atoms with Gasteiger partial charge in [-0.3, -0.25) is 0 Å². The number of ether oxygens (including phenoxy) is 2. The van der Waals surface area contributed by atoms with Gasteiger partial charge in [-0.15, -0.1) is 5.10 Å². The zero-order valence-electron chi connectivity index (χ0n) is 23.8. The maximum Gasteiger partial charge on any atom is 0.407 e. The fourth-order valence-corrected chi connectivity index (χ4v) is 6.09. The van der Waals surface area contributed by atoms with Gasteiger partial charge in [0.1, 0.15) is 12.4 Å². The van der Waals surface area contributed by atoms with Crippen LogP contribution in [0, 0.1) is 11.3 Å². The molecule has 2 fully saturated rings. The van der Waals surface area contributed by atoms with Crippen molar-refractivity contribution in [2.45, 2.75) is 37.8 Å². The van der Waals surface area contributed by atoms with Gasteiger partial charge in [-0.05, 0) is 43.5 Å². The number of aromatic nitrogens is 4. The van der Waals surface area contributed by atoms with Crippen LogP contribution in [0.4, 0.5) is 10.6 Å². The molecule has 2 unspecified atom stereocenters. The molecule has 2 atom stereocenters. The van der Waals surface area contributed by atoms with E-state index in [0.717, 1.165) is 47.2 Å². The van der Waals surface area contributed by atoms with E-state index in [1.54, 1.807) is 17.8 Å². The lowest BCUT2D eigenvalue weighted by molar-refractivity contribution is 0.119. The van der Waals surface area contributed by atoms with Crippen LogP contribution in [0.15, 0.2) is 42.6 Å². The Balaban J connectivity index is 1.38. The number of nitriles is 1. The molecule has 2 aromatic heterocycles. The Morgan fingerprint density at radius 1 is 1.14 bits per heavy atom. The summed E-state index contributed by atoms with van der Waals surface area (Å²) in [4.78, 5) is 27.0.